The minimum atomic E-state index is -2.90. The number of aliphatic hydroxyl groups excluding tert-OH is 1. The quantitative estimate of drug-likeness (QED) is 0.690. The smallest absolute Gasteiger partial charge is 0.274 e. The zero-order valence-electron chi connectivity index (χ0n) is 8.60. The second-order valence-electron chi connectivity index (χ2n) is 4.01. The summed E-state index contributed by atoms with van der Waals surface area (Å²) in [7, 11) is 0. The van der Waals surface area contributed by atoms with Gasteiger partial charge in [-0.2, -0.15) is 0 Å². The highest BCUT2D eigenvalue weighted by Crippen LogP contribution is 2.33. The minimum Gasteiger partial charge on any atom is -0.385 e. The number of unbranched alkanes of at least 4 members (excludes halogenated alkanes) is 1. The zero-order chi connectivity index (χ0) is 10.6. The van der Waals surface area contributed by atoms with Crippen molar-refractivity contribution in [1.82, 2.24) is 5.32 Å². The van der Waals surface area contributed by atoms with Crippen LogP contribution in [-0.2, 0) is 0 Å². The fourth-order valence-electron chi connectivity index (χ4n) is 1.84. The van der Waals surface area contributed by atoms with E-state index in [9.17, 15) is 13.9 Å². The fraction of sp³-hybridized carbons (Fsp3) is 1.00. The summed E-state index contributed by atoms with van der Waals surface area (Å²) in [5, 5.41) is 12.4. The molecule has 0 bridgehead atoms. The third-order valence-corrected chi connectivity index (χ3v) is 2.78. The molecule has 0 heterocycles. The van der Waals surface area contributed by atoms with Gasteiger partial charge in [-0.1, -0.05) is 13.3 Å². The summed E-state index contributed by atoms with van der Waals surface area (Å²) in [5.41, 5.74) is 0. The average Bonchev–Trinajstić information content (AvgIpc) is 2.13. The minimum absolute atomic E-state index is 0.180. The average molecular weight is 207 g/mol. The Morgan fingerprint density at radius 1 is 1.50 bits per heavy atom. The van der Waals surface area contributed by atoms with Crippen molar-refractivity contribution in [3.63, 3.8) is 0 Å². The molecule has 1 aliphatic carbocycles. The van der Waals surface area contributed by atoms with Crippen molar-refractivity contribution < 1.29 is 13.9 Å². The molecule has 84 valence electrons. The number of halogens is 2. The summed E-state index contributed by atoms with van der Waals surface area (Å²) in [4.78, 5) is 0. The van der Waals surface area contributed by atoms with Crippen molar-refractivity contribution in [3.8, 4) is 0 Å². The Kier molecular flexibility index (Phi) is 4.26. The van der Waals surface area contributed by atoms with Crippen LogP contribution < -0.4 is 5.32 Å². The molecule has 4 heteroatoms. The topological polar surface area (TPSA) is 32.3 Å². The standard InChI is InChI=1S/C10H19F2NO/c1-2-3-7-13-8-5-4-6-10(11,12)9(8)14/h8-9,13-14H,2-7H2,1H3/t8-,9+/m0/s1. The van der Waals surface area contributed by atoms with Gasteiger partial charge in [0.25, 0.3) is 5.92 Å². The summed E-state index contributed by atoms with van der Waals surface area (Å²) < 4.78 is 26.1. The molecule has 0 unspecified atom stereocenters. The van der Waals surface area contributed by atoms with E-state index in [4.69, 9.17) is 0 Å². The van der Waals surface area contributed by atoms with E-state index in [-0.39, 0.29) is 6.42 Å². The number of hydrogen-bond donors (Lipinski definition) is 2. The summed E-state index contributed by atoms with van der Waals surface area (Å²) in [6.45, 7) is 2.77. The predicted molar refractivity (Wildman–Crippen MR) is 51.5 cm³/mol. The largest absolute Gasteiger partial charge is 0.385 e. The number of nitrogens with one attached hydrogen (secondary N) is 1. The Bertz CT molecular complexity index is 176. The first-order valence-corrected chi connectivity index (χ1v) is 5.37. The molecule has 1 rings (SSSR count). The van der Waals surface area contributed by atoms with E-state index in [1.807, 2.05) is 6.92 Å². The lowest BCUT2D eigenvalue weighted by atomic mass is 9.89. The zero-order valence-corrected chi connectivity index (χ0v) is 8.60. The first-order valence-electron chi connectivity index (χ1n) is 5.37. The number of alkyl halides is 2. The second kappa shape index (κ2) is 5.03. The van der Waals surface area contributed by atoms with Gasteiger partial charge in [-0.25, -0.2) is 8.78 Å². The number of hydrogen-bond acceptors (Lipinski definition) is 2. The monoisotopic (exact) mass is 207 g/mol. The molecule has 0 aliphatic heterocycles. The summed E-state index contributed by atoms with van der Waals surface area (Å²) in [5.74, 6) is -2.90. The third kappa shape index (κ3) is 2.89. The third-order valence-electron chi connectivity index (χ3n) is 2.78. The molecule has 1 aliphatic rings. The van der Waals surface area contributed by atoms with Gasteiger partial charge in [0.2, 0.25) is 0 Å². The maximum absolute atomic E-state index is 13.1. The number of aliphatic hydroxyl groups is 1. The molecular weight excluding hydrogens is 188 g/mol. The van der Waals surface area contributed by atoms with Gasteiger partial charge >= 0.3 is 0 Å². The van der Waals surface area contributed by atoms with E-state index in [1.165, 1.54) is 0 Å². The van der Waals surface area contributed by atoms with Crippen molar-refractivity contribution in [2.75, 3.05) is 6.54 Å². The first-order chi connectivity index (χ1) is 6.58. The molecule has 14 heavy (non-hydrogen) atoms. The molecular formula is C10H19F2NO. The van der Waals surface area contributed by atoms with E-state index in [0.29, 0.717) is 19.4 Å². The van der Waals surface area contributed by atoms with Gasteiger partial charge in [-0.15, -0.1) is 0 Å². The van der Waals surface area contributed by atoms with Crippen LogP contribution in [0.5, 0.6) is 0 Å². The molecule has 0 spiro atoms. The molecule has 0 radical (unpaired) electrons. The van der Waals surface area contributed by atoms with E-state index in [0.717, 1.165) is 12.8 Å². The van der Waals surface area contributed by atoms with Crippen molar-refractivity contribution in [1.29, 1.82) is 0 Å². The van der Waals surface area contributed by atoms with Crippen LogP contribution in [0.2, 0.25) is 0 Å². The molecule has 2 atom stereocenters. The highest BCUT2D eigenvalue weighted by atomic mass is 19.3. The molecule has 0 aromatic rings. The Morgan fingerprint density at radius 3 is 2.86 bits per heavy atom. The van der Waals surface area contributed by atoms with Crippen LogP contribution in [0.15, 0.2) is 0 Å². The number of rotatable bonds is 4. The summed E-state index contributed by atoms with van der Waals surface area (Å²) in [6.07, 6.45) is 1.46. The molecule has 0 aromatic carbocycles. The molecule has 0 aromatic heterocycles. The van der Waals surface area contributed by atoms with Crippen molar-refractivity contribution >= 4 is 0 Å². The van der Waals surface area contributed by atoms with Gasteiger partial charge in [0, 0.05) is 12.5 Å². The fourth-order valence-corrected chi connectivity index (χ4v) is 1.84. The van der Waals surface area contributed by atoms with Gasteiger partial charge in [0.05, 0.1) is 0 Å². The highest BCUT2D eigenvalue weighted by Gasteiger charge is 2.45. The van der Waals surface area contributed by atoms with E-state index in [2.05, 4.69) is 5.32 Å². The molecule has 0 amide bonds. The van der Waals surface area contributed by atoms with Crippen LogP contribution in [0, 0.1) is 0 Å². The second-order valence-corrected chi connectivity index (χ2v) is 4.01. The van der Waals surface area contributed by atoms with E-state index < -0.39 is 18.1 Å². The van der Waals surface area contributed by atoms with Crippen LogP contribution in [0.25, 0.3) is 0 Å². The van der Waals surface area contributed by atoms with Crippen LogP contribution in [-0.4, -0.2) is 29.7 Å². The molecule has 2 N–H and O–H groups in total. The van der Waals surface area contributed by atoms with Crippen LogP contribution in [0.4, 0.5) is 8.78 Å². The van der Waals surface area contributed by atoms with E-state index in [1.54, 1.807) is 0 Å². The molecule has 0 saturated heterocycles. The van der Waals surface area contributed by atoms with Crippen molar-refractivity contribution in [2.45, 2.75) is 57.1 Å². The van der Waals surface area contributed by atoms with Gasteiger partial charge in [-0.3, -0.25) is 0 Å². The van der Waals surface area contributed by atoms with Gasteiger partial charge < -0.3 is 10.4 Å². The van der Waals surface area contributed by atoms with Gasteiger partial charge in [-0.05, 0) is 25.8 Å². The maximum Gasteiger partial charge on any atom is 0.274 e. The summed E-state index contributed by atoms with van der Waals surface area (Å²) in [6, 6.07) is -0.426. The first kappa shape index (κ1) is 11.9. The van der Waals surface area contributed by atoms with Crippen molar-refractivity contribution in [3.05, 3.63) is 0 Å². The Balaban J connectivity index is 2.36. The molecule has 1 saturated carbocycles. The van der Waals surface area contributed by atoms with Gasteiger partial charge in [0.15, 0.2) is 0 Å². The Hall–Kier alpha value is -0.220. The summed E-state index contributed by atoms with van der Waals surface area (Å²) >= 11 is 0. The lowest BCUT2D eigenvalue weighted by Gasteiger charge is -2.35. The van der Waals surface area contributed by atoms with E-state index >= 15 is 0 Å². The Morgan fingerprint density at radius 2 is 2.21 bits per heavy atom. The maximum atomic E-state index is 13.1. The Labute approximate surface area is 83.7 Å². The van der Waals surface area contributed by atoms with Crippen molar-refractivity contribution in [2.24, 2.45) is 0 Å². The highest BCUT2D eigenvalue weighted by molar-refractivity contribution is 4.91. The van der Waals surface area contributed by atoms with Crippen LogP contribution in [0.1, 0.15) is 39.0 Å². The lowest BCUT2D eigenvalue weighted by Crippen LogP contribution is -2.52. The van der Waals surface area contributed by atoms with Gasteiger partial charge in [0.1, 0.15) is 6.10 Å². The van der Waals surface area contributed by atoms with Crippen LogP contribution >= 0.6 is 0 Å². The lowest BCUT2D eigenvalue weighted by molar-refractivity contribution is -0.143. The van der Waals surface area contributed by atoms with Crippen LogP contribution in [0.3, 0.4) is 0 Å². The normalized spacial score (nSPS) is 31.7. The molecule has 1 fully saturated rings. The SMILES string of the molecule is CCCCN[C@H]1CCCC(F)(F)[C@@H]1O. The predicted octanol–water partition coefficient (Wildman–Crippen LogP) is 1.92. The molecule has 2 nitrogen and oxygen atoms in total.